The lowest BCUT2D eigenvalue weighted by molar-refractivity contribution is -0.150. The van der Waals surface area contributed by atoms with E-state index in [2.05, 4.69) is 24.4 Å². The number of thioether (sulfide) groups is 1. The van der Waals surface area contributed by atoms with Gasteiger partial charge in [-0.05, 0) is 39.4 Å². The molecule has 0 aliphatic rings. The highest BCUT2D eigenvalue weighted by Crippen LogP contribution is 2.28. The van der Waals surface area contributed by atoms with E-state index in [1.165, 1.54) is 4.90 Å². The van der Waals surface area contributed by atoms with Crippen LogP contribution < -0.4 is 5.32 Å². The monoisotopic (exact) mass is 281 g/mol. The maximum atomic E-state index is 12.0. The minimum absolute atomic E-state index is 0.182. The van der Waals surface area contributed by atoms with Crippen molar-refractivity contribution in [2.24, 2.45) is 0 Å². The fraction of sp³-hybridized carbons (Fsp3) is 0.533. The van der Waals surface area contributed by atoms with Crippen LogP contribution in [0.5, 0.6) is 0 Å². The molecule has 0 fully saturated rings. The Morgan fingerprint density at radius 2 is 2.05 bits per heavy atom. The molecule has 3 nitrogen and oxygen atoms in total. The molecule has 2 atom stereocenters. The smallest absolute Gasteiger partial charge is 0.326 e. The maximum absolute atomic E-state index is 12.0. The topological polar surface area (TPSA) is 38.3 Å². The summed E-state index contributed by atoms with van der Waals surface area (Å²) in [6, 6.07) is 10.2. The van der Waals surface area contributed by atoms with Crippen molar-refractivity contribution < 1.29 is 9.53 Å². The van der Waals surface area contributed by atoms with Gasteiger partial charge in [-0.25, -0.2) is 0 Å². The third-order valence-electron chi connectivity index (χ3n) is 3.05. The highest BCUT2D eigenvalue weighted by atomic mass is 32.2. The summed E-state index contributed by atoms with van der Waals surface area (Å²) in [5.74, 6) is -0.182. The number of benzene rings is 1. The van der Waals surface area contributed by atoms with E-state index >= 15 is 0 Å². The van der Waals surface area contributed by atoms with Crippen molar-refractivity contribution in [3.05, 3.63) is 30.3 Å². The second-order valence-corrected chi connectivity index (χ2v) is 6.26. The fourth-order valence-electron chi connectivity index (χ4n) is 1.93. The second kappa shape index (κ2) is 7.56. The molecule has 0 heterocycles. The van der Waals surface area contributed by atoms with Gasteiger partial charge in [-0.3, -0.25) is 4.79 Å². The molecule has 0 aliphatic carbocycles. The number of likely N-dealkylation sites (N-methyl/N-ethyl adjacent to an activating group) is 1. The van der Waals surface area contributed by atoms with E-state index < -0.39 is 5.54 Å². The predicted molar refractivity (Wildman–Crippen MR) is 80.5 cm³/mol. The van der Waals surface area contributed by atoms with E-state index in [-0.39, 0.29) is 5.97 Å². The third kappa shape index (κ3) is 4.88. The van der Waals surface area contributed by atoms with Gasteiger partial charge in [0.25, 0.3) is 0 Å². The lowest BCUT2D eigenvalue weighted by atomic mass is 9.96. The Labute approximate surface area is 120 Å². The summed E-state index contributed by atoms with van der Waals surface area (Å²) < 4.78 is 5.14. The van der Waals surface area contributed by atoms with Crippen LogP contribution in [-0.2, 0) is 9.53 Å². The van der Waals surface area contributed by atoms with Gasteiger partial charge in [0.2, 0.25) is 0 Å². The lowest BCUT2D eigenvalue weighted by Gasteiger charge is -2.29. The third-order valence-corrected chi connectivity index (χ3v) is 4.17. The summed E-state index contributed by atoms with van der Waals surface area (Å²) >= 11 is 1.77. The van der Waals surface area contributed by atoms with Crippen molar-refractivity contribution in [3.8, 4) is 0 Å². The van der Waals surface area contributed by atoms with Crippen LogP contribution in [0.25, 0.3) is 0 Å². The number of hydrogen-bond donors (Lipinski definition) is 1. The van der Waals surface area contributed by atoms with Crippen LogP contribution >= 0.6 is 11.8 Å². The van der Waals surface area contributed by atoms with Gasteiger partial charge in [0.05, 0.1) is 6.61 Å². The lowest BCUT2D eigenvalue weighted by Crippen LogP contribution is -2.50. The minimum Gasteiger partial charge on any atom is -0.465 e. The number of carbonyl (C=O) groups excluding carboxylic acids is 1. The van der Waals surface area contributed by atoms with E-state index in [0.29, 0.717) is 11.9 Å². The number of hydrogen-bond acceptors (Lipinski definition) is 4. The first-order valence-electron chi connectivity index (χ1n) is 6.59. The Bertz CT molecular complexity index is 396. The Hall–Kier alpha value is -1.00. The first kappa shape index (κ1) is 16.1. The normalized spacial score (nSPS) is 15.6. The van der Waals surface area contributed by atoms with Crippen LogP contribution in [0.4, 0.5) is 0 Å². The highest BCUT2D eigenvalue weighted by molar-refractivity contribution is 7.99. The Morgan fingerprint density at radius 3 is 2.58 bits per heavy atom. The average molecular weight is 281 g/mol. The summed E-state index contributed by atoms with van der Waals surface area (Å²) in [4.78, 5) is 13.2. The summed E-state index contributed by atoms with van der Waals surface area (Å²) in [5, 5.41) is 3.42. The molecule has 19 heavy (non-hydrogen) atoms. The number of rotatable bonds is 7. The van der Waals surface area contributed by atoms with Gasteiger partial charge in [-0.2, -0.15) is 0 Å². The summed E-state index contributed by atoms with van der Waals surface area (Å²) in [5.41, 5.74) is -0.628. The molecule has 1 N–H and O–H groups in total. The summed E-state index contributed by atoms with van der Waals surface area (Å²) in [7, 11) is 1.80. The molecule has 0 saturated heterocycles. The van der Waals surface area contributed by atoms with E-state index in [0.717, 1.165) is 6.42 Å². The molecule has 0 bridgehead atoms. The zero-order valence-electron chi connectivity index (χ0n) is 12.1. The van der Waals surface area contributed by atoms with Crippen LogP contribution in [0.15, 0.2) is 35.2 Å². The van der Waals surface area contributed by atoms with E-state index in [9.17, 15) is 4.79 Å². The molecule has 1 aromatic carbocycles. The van der Waals surface area contributed by atoms with Crippen LogP contribution in [-0.4, -0.2) is 30.4 Å². The Balaban J connectivity index is 2.62. The largest absolute Gasteiger partial charge is 0.465 e. The molecule has 2 unspecified atom stereocenters. The Kier molecular flexibility index (Phi) is 6.38. The molecule has 0 amide bonds. The fourth-order valence-corrected chi connectivity index (χ4v) is 3.12. The van der Waals surface area contributed by atoms with Crippen molar-refractivity contribution in [1.29, 1.82) is 0 Å². The molecule has 0 aromatic heterocycles. The van der Waals surface area contributed by atoms with Gasteiger partial charge in [-0.1, -0.05) is 25.1 Å². The van der Waals surface area contributed by atoms with Gasteiger partial charge >= 0.3 is 5.97 Å². The highest BCUT2D eigenvalue weighted by Gasteiger charge is 2.34. The molecule has 1 rings (SSSR count). The number of ether oxygens (including phenoxy) is 1. The van der Waals surface area contributed by atoms with Gasteiger partial charge in [0.1, 0.15) is 5.54 Å². The molecule has 0 spiro atoms. The quantitative estimate of drug-likeness (QED) is 0.615. The van der Waals surface area contributed by atoms with Crippen LogP contribution in [0.2, 0.25) is 0 Å². The van der Waals surface area contributed by atoms with Crippen LogP contribution in [0.1, 0.15) is 27.2 Å². The van der Waals surface area contributed by atoms with Crippen molar-refractivity contribution in [2.75, 3.05) is 13.7 Å². The van der Waals surface area contributed by atoms with E-state index in [1.54, 1.807) is 18.8 Å². The van der Waals surface area contributed by atoms with Crippen LogP contribution in [0.3, 0.4) is 0 Å². The predicted octanol–water partition coefficient (Wildman–Crippen LogP) is 3.10. The van der Waals surface area contributed by atoms with Gasteiger partial charge in [-0.15, -0.1) is 11.8 Å². The SMILES string of the molecule is CCOC(=O)C(C)(CC(C)Sc1ccccc1)NC. The number of carbonyl (C=O) groups is 1. The average Bonchev–Trinajstić information content (AvgIpc) is 2.39. The molecule has 106 valence electrons. The molecule has 0 radical (unpaired) electrons. The van der Waals surface area contributed by atoms with Crippen LogP contribution in [0, 0.1) is 0 Å². The van der Waals surface area contributed by atoms with E-state index in [1.807, 2.05) is 32.0 Å². The van der Waals surface area contributed by atoms with Gasteiger partial charge in [0.15, 0.2) is 0 Å². The number of nitrogens with one attached hydrogen (secondary N) is 1. The standard InChI is InChI=1S/C15H23NO2S/c1-5-18-14(17)15(3,16-4)11-12(2)19-13-9-7-6-8-10-13/h6-10,12,16H,5,11H2,1-4H3. The van der Waals surface area contributed by atoms with Gasteiger partial charge < -0.3 is 10.1 Å². The summed E-state index contributed by atoms with van der Waals surface area (Å²) in [6.07, 6.45) is 0.724. The minimum atomic E-state index is -0.628. The molecular weight excluding hydrogens is 258 g/mol. The Morgan fingerprint density at radius 1 is 1.42 bits per heavy atom. The van der Waals surface area contributed by atoms with Crippen molar-refractivity contribution >= 4 is 17.7 Å². The molecular formula is C15H23NO2S. The van der Waals surface area contributed by atoms with Crippen molar-refractivity contribution in [1.82, 2.24) is 5.32 Å². The number of esters is 1. The first-order chi connectivity index (χ1) is 9.01. The van der Waals surface area contributed by atoms with E-state index in [4.69, 9.17) is 4.74 Å². The zero-order valence-corrected chi connectivity index (χ0v) is 12.9. The molecule has 1 aromatic rings. The maximum Gasteiger partial charge on any atom is 0.326 e. The molecule has 0 aliphatic heterocycles. The zero-order chi connectivity index (χ0) is 14.3. The second-order valence-electron chi connectivity index (χ2n) is 4.75. The van der Waals surface area contributed by atoms with Crippen molar-refractivity contribution in [3.63, 3.8) is 0 Å². The molecule has 4 heteroatoms. The van der Waals surface area contributed by atoms with Gasteiger partial charge in [0, 0.05) is 10.1 Å². The summed E-state index contributed by atoms with van der Waals surface area (Å²) in [6.45, 7) is 6.27. The molecule has 0 saturated carbocycles. The first-order valence-corrected chi connectivity index (χ1v) is 7.47. The van der Waals surface area contributed by atoms with Crippen molar-refractivity contribution in [2.45, 2.75) is 42.9 Å².